The van der Waals surface area contributed by atoms with E-state index in [4.69, 9.17) is 9.47 Å². The van der Waals surface area contributed by atoms with E-state index < -0.39 is 0 Å². The Kier molecular flexibility index (Phi) is 9.19. The SMILES string of the molecule is Cc1cc2c(cc1N1c3cc(N(c4ccccc4)c4ccccc4)ccc3B3c4c(cc(C(C)(C)C)cc41)-c1cc4c(cc1N3c1ccccc1)Oc1ccccc1O4)C(C)(C)CCC2(C)C. The molecule has 0 saturated heterocycles. The van der Waals surface area contributed by atoms with Gasteiger partial charge in [0.1, 0.15) is 0 Å². The number of benzene rings is 8. The summed E-state index contributed by atoms with van der Waals surface area (Å²) in [4.78, 5) is 7.58. The number of fused-ring (bicyclic) bond motifs is 7. The molecule has 330 valence electrons. The monoisotopic (exact) mass is 873 g/mol. The summed E-state index contributed by atoms with van der Waals surface area (Å²) >= 11 is 0. The maximum Gasteiger partial charge on any atom is 0.333 e. The Morgan fingerprint density at radius 2 is 1.07 bits per heavy atom. The van der Waals surface area contributed by atoms with E-state index >= 15 is 0 Å². The second-order valence-electron chi connectivity index (χ2n) is 21.3. The van der Waals surface area contributed by atoms with E-state index in [1.807, 2.05) is 24.3 Å². The lowest BCUT2D eigenvalue weighted by Gasteiger charge is -2.48. The number of hydrogen-bond donors (Lipinski definition) is 0. The van der Waals surface area contributed by atoms with E-state index in [9.17, 15) is 0 Å². The first kappa shape index (κ1) is 41.3. The number of para-hydroxylation sites is 5. The van der Waals surface area contributed by atoms with Crippen molar-refractivity contribution in [3.63, 3.8) is 0 Å². The number of hydrogen-bond acceptors (Lipinski definition) is 5. The largest absolute Gasteiger partial charge is 0.449 e. The van der Waals surface area contributed by atoms with Crippen molar-refractivity contribution in [3.05, 3.63) is 192 Å². The Morgan fingerprint density at radius 3 is 1.69 bits per heavy atom. The normalized spacial score (nSPS) is 15.7. The molecule has 0 unspecified atom stereocenters. The second-order valence-corrected chi connectivity index (χ2v) is 21.3. The highest BCUT2D eigenvalue weighted by molar-refractivity contribution is 6.93. The van der Waals surface area contributed by atoms with Crippen LogP contribution in [0.3, 0.4) is 0 Å². The maximum atomic E-state index is 6.70. The molecule has 8 aromatic rings. The molecule has 67 heavy (non-hydrogen) atoms. The van der Waals surface area contributed by atoms with Crippen LogP contribution < -0.4 is 35.0 Å². The van der Waals surface area contributed by atoms with Crippen LogP contribution in [0.5, 0.6) is 23.0 Å². The number of anilines is 8. The fraction of sp³-hybridized carbons (Fsp3) is 0.213. The van der Waals surface area contributed by atoms with Crippen molar-refractivity contribution in [1.29, 1.82) is 0 Å². The Labute approximate surface area is 396 Å². The fourth-order valence-corrected chi connectivity index (χ4v) is 11.2. The molecule has 8 aromatic carbocycles. The van der Waals surface area contributed by atoms with Crippen LogP contribution in [0.2, 0.25) is 0 Å². The summed E-state index contributed by atoms with van der Waals surface area (Å²) in [7, 11) is 0. The average Bonchev–Trinajstić information content (AvgIpc) is 3.32. The summed E-state index contributed by atoms with van der Waals surface area (Å²) in [5, 5.41) is 0. The molecule has 0 saturated carbocycles. The van der Waals surface area contributed by atoms with Crippen molar-refractivity contribution in [1.82, 2.24) is 0 Å². The lowest BCUT2D eigenvalue weighted by molar-refractivity contribution is 0.332. The molecular formula is C61H56BN3O2. The van der Waals surface area contributed by atoms with Crippen LogP contribution in [0.25, 0.3) is 11.1 Å². The Balaban J connectivity index is 1.19. The Hall–Kier alpha value is -7.18. The van der Waals surface area contributed by atoms with Gasteiger partial charge in [-0.1, -0.05) is 133 Å². The van der Waals surface area contributed by atoms with Crippen molar-refractivity contribution >= 4 is 63.3 Å². The minimum absolute atomic E-state index is 0.0171. The fourth-order valence-electron chi connectivity index (χ4n) is 11.2. The zero-order chi connectivity index (χ0) is 46.0. The van der Waals surface area contributed by atoms with Gasteiger partial charge in [-0.05, 0) is 154 Å². The standard InChI is InChI=1S/C61H56BN3O2/c1-39-32-47-48(61(7,8)31-30-60(47,5)6)37-50(39)64-52-35-44(63(41-20-12-9-13-21-41)42-22-14-10-15-23-42)28-29-49(52)62-58-46(33-40(34-53(58)64)59(2,3)4)45-36-56-57(67-55-27-19-18-26-54(55)66-56)38-51(45)65(62)43-24-16-11-17-25-43/h9-29,32-38H,30-31H2,1-8H3. The van der Waals surface area contributed by atoms with Gasteiger partial charge in [0.2, 0.25) is 0 Å². The second kappa shape index (κ2) is 14.9. The van der Waals surface area contributed by atoms with Crippen LogP contribution in [-0.4, -0.2) is 6.85 Å². The quantitative estimate of drug-likeness (QED) is 0.161. The number of rotatable bonds is 5. The molecule has 0 N–H and O–H groups in total. The van der Waals surface area contributed by atoms with Crippen LogP contribution >= 0.6 is 0 Å². The summed E-state index contributed by atoms with van der Waals surface area (Å²) in [6, 6.07) is 62.1. The minimum atomic E-state index is -0.181. The van der Waals surface area contributed by atoms with Crippen molar-refractivity contribution in [3.8, 4) is 34.1 Å². The van der Waals surface area contributed by atoms with Crippen molar-refractivity contribution in [2.45, 2.75) is 84.5 Å². The zero-order valence-corrected chi connectivity index (χ0v) is 39.8. The number of nitrogens with zero attached hydrogens (tertiary/aromatic N) is 3. The Bertz CT molecular complexity index is 3230. The smallest absolute Gasteiger partial charge is 0.333 e. The summed E-state index contributed by atoms with van der Waals surface area (Å²) < 4.78 is 13.4. The Morgan fingerprint density at radius 1 is 0.507 bits per heavy atom. The highest BCUT2D eigenvalue weighted by Crippen LogP contribution is 2.56. The minimum Gasteiger partial charge on any atom is -0.449 e. The van der Waals surface area contributed by atoms with Gasteiger partial charge in [0, 0.05) is 57.1 Å². The average molecular weight is 874 g/mol. The van der Waals surface area contributed by atoms with Crippen LogP contribution in [0.4, 0.5) is 45.5 Å². The van der Waals surface area contributed by atoms with Crippen molar-refractivity contribution in [2.75, 3.05) is 14.6 Å². The number of aryl methyl sites for hydroxylation is 1. The van der Waals surface area contributed by atoms with Gasteiger partial charge >= 0.3 is 6.85 Å². The molecule has 0 radical (unpaired) electrons. The summed E-state index contributed by atoms with van der Waals surface area (Å²) in [6.07, 6.45) is 2.30. The summed E-state index contributed by atoms with van der Waals surface area (Å²) in [5.74, 6) is 2.86. The summed E-state index contributed by atoms with van der Waals surface area (Å²) in [6.45, 7) is 18.9. The van der Waals surface area contributed by atoms with Gasteiger partial charge in [0.05, 0.1) is 0 Å². The van der Waals surface area contributed by atoms with Gasteiger partial charge in [-0.15, -0.1) is 0 Å². The van der Waals surface area contributed by atoms with E-state index in [1.54, 1.807) is 0 Å². The van der Waals surface area contributed by atoms with Crippen LogP contribution in [0, 0.1) is 6.92 Å². The molecule has 0 bridgehead atoms. The zero-order valence-electron chi connectivity index (χ0n) is 39.8. The number of ether oxygens (including phenoxy) is 2. The van der Waals surface area contributed by atoms with E-state index in [2.05, 4.69) is 216 Å². The molecule has 3 aliphatic heterocycles. The maximum absolute atomic E-state index is 6.70. The van der Waals surface area contributed by atoms with Crippen LogP contribution in [0.15, 0.2) is 170 Å². The highest BCUT2D eigenvalue weighted by Gasteiger charge is 2.47. The molecule has 1 aliphatic carbocycles. The van der Waals surface area contributed by atoms with Gasteiger partial charge in [0.15, 0.2) is 23.0 Å². The molecule has 4 aliphatic rings. The third kappa shape index (κ3) is 6.59. The van der Waals surface area contributed by atoms with Gasteiger partial charge in [-0.25, -0.2) is 0 Å². The first-order valence-electron chi connectivity index (χ1n) is 23.9. The third-order valence-electron chi connectivity index (χ3n) is 15.0. The summed E-state index contributed by atoms with van der Waals surface area (Å²) in [5.41, 5.74) is 19.3. The van der Waals surface area contributed by atoms with E-state index in [0.29, 0.717) is 17.2 Å². The van der Waals surface area contributed by atoms with E-state index in [-0.39, 0.29) is 23.1 Å². The highest BCUT2D eigenvalue weighted by atomic mass is 16.6. The molecule has 0 spiro atoms. The molecule has 0 atom stereocenters. The molecule has 0 aromatic heterocycles. The van der Waals surface area contributed by atoms with Gasteiger partial charge in [-0.3, -0.25) is 0 Å². The molecule has 5 nitrogen and oxygen atoms in total. The molecule has 0 amide bonds. The predicted molar refractivity (Wildman–Crippen MR) is 280 cm³/mol. The first-order chi connectivity index (χ1) is 32.2. The molecule has 0 fully saturated rings. The predicted octanol–water partition coefficient (Wildman–Crippen LogP) is 15.7. The molecule has 12 rings (SSSR count). The molecule has 6 heteroatoms. The third-order valence-corrected chi connectivity index (χ3v) is 15.0. The van der Waals surface area contributed by atoms with Crippen molar-refractivity contribution < 1.29 is 9.47 Å². The van der Waals surface area contributed by atoms with Gasteiger partial charge in [-0.2, -0.15) is 0 Å². The van der Waals surface area contributed by atoms with Crippen molar-refractivity contribution in [2.24, 2.45) is 0 Å². The van der Waals surface area contributed by atoms with E-state index in [0.717, 1.165) is 58.3 Å². The molecule has 3 heterocycles. The van der Waals surface area contributed by atoms with Crippen LogP contribution in [-0.2, 0) is 16.2 Å². The topological polar surface area (TPSA) is 28.2 Å². The van der Waals surface area contributed by atoms with Gasteiger partial charge < -0.3 is 24.1 Å². The lowest BCUT2D eigenvalue weighted by atomic mass is 9.43. The van der Waals surface area contributed by atoms with E-state index in [1.165, 1.54) is 50.1 Å². The van der Waals surface area contributed by atoms with Crippen LogP contribution in [0.1, 0.15) is 83.6 Å². The van der Waals surface area contributed by atoms with Gasteiger partial charge in [0.25, 0.3) is 0 Å². The first-order valence-corrected chi connectivity index (χ1v) is 23.9. The molecular weight excluding hydrogens is 818 g/mol. The lowest BCUT2D eigenvalue weighted by Crippen LogP contribution is -2.61.